The highest BCUT2D eigenvalue weighted by molar-refractivity contribution is 5.93. The minimum Gasteiger partial charge on any atom is -0.378 e. The Labute approximate surface area is 144 Å². The monoisotopic (exact) mass is 358 g/mol. The molecule has 0 radical (unpaired) electrons. The Hall–Kier alpha value is -2.32. The number of halogens is 3. The van der Waals surface area contributed by atoms with Crippen LogP contribution in [-0.4, -0.2) is 60.6 Å². The number of alkyl halides is 3. The number of nitrogens with one attached hydrogen (secondary N) is 1. The zero-order valence-electron chi connectivity index (χ0n) is 14.3. The lowest BCUT2D eigenvalue weighted by atomic mass is 9.97. The van der Waals surface area contributed by atoms with E-state index in [1.807, 2.05) is 0 Å². The molecule has 0 aliphatic carbocycles. The van der Waals surface area contributed by atoms with Crippen LogP contribution < -0.4 is 10.2 Å². The van der Waals surface area contributed by atoms with Crippen LogP contribution in [0.2, 0.25) is 0 Å². The molecule has 0 unspecified atom stereocenters. The van der Waals surface area contributed by atoms with Gasteiger partial charge in [0.05, 0.1) is 0 Å². The van der Waals surface area contributed by atoms with Gasteiger partial charge in [0, 0.05) is 45.5 Å². The van der Waals surface area contributed by atoms with Crippen molar-refractivity contribution in [3.63, 3.8) is 0 Å². The molecule has 0 saturated carbocycles. The molecule has 9 heteroatoms. The van der Waals surface area contributed by atoms with Gasteiger partial charge in [-0.1, -0.05) is 0 Å². The average molecular weight is 358 g/mol. The summed E-state index contributed by atoms with van der Waals surface area (Å²) in [5, 5.41) is 2.59. The van der Waals surface area contributed by atoms with E-state index in [1.165, 1.54) is 19.2 Å². The molecule has 0 bridgehead atoms. The number of hydrogen-bond acceptors (Lipinski definition) is 4. The molecule has 1 N–H and O–H groups in total. The smallest absolute Gasteiger partial charge is 0.378 e. The molecule has 1 saturated heterocycles. The first-order chi connectivity index (χ1) is 11.6. The summed E-state index contributed by atoms with van der Waals surface area (Å²) in [6.45, 7) is 1.10. The van der Waals surface area contributed by atoms with Gasteiger partial charge in [-0.05, 0) is 25.0 Å². The largest absolute Gasteiger partial charge is 0.408 e. The fraction of sp³-hybridized carbons (Fsp3) is 0.562. The minimum atomic E-state index is -4.53. The Kier molecular flexibility index (Phi) is 5.54. The fourth-order valence-electron chi connectivity index (χ4n) is 2.90. The number of carbonyl (C=O) groups excluding carboxylic acids is 2. The lowest BCUT2D eigenvalue weighted by Crippen LogP contribution is -2.58. The van der Waals surface area contributed by atoms with Gasteiger partial charge in [-0.25, -0.2) is 0 Å². The Balaban J connectivity index is 2.30. The molecule has 25 heavy (non-hydrogen) atoms. The molecular formula is C16H21F3N4O2. The molecule has 1 aromatic rings. The zero-order chi connectivity index (χ0) is 18.8. The lowest BCUT2D eigenvalue weighted by molar-refractivity contribution is -0.184. The molecule has 2 atom stereocenters. The van der Waals surface area contributed by atoms with Crippen LogP contribution >= 0.6 is 0 Å². The van der Waals surface area contributed by atoms with Crippen molar-refractivity contribution < 1.29 is 22.8 Å². The summed E-state index contributed by atoms with van der Waals surface area (Å²) >= 11 is 0. The van der Waals surface area contributed by atoms with Crippen molar-refractivity contribution >= 4 is 17.5 Å². The summed E-state index contributed by atoms with van der Waals surface area (Å²) in [4.78, 5) is 30.3. The maximum Gasteiger partial charge on any atom is 0.408 e. The van der Waals surface area contributed by atoms with E-state index in [1.54, 1.807) is 25.1 Å². The van der Waals surface area contributed by atoms with Crippen molar-refractivity contribution in [2.45, 2.75) is 38.0 Å². The highest BCUT2D eigenvalue weighted by atomic mass is 19.4. The second-order valence-electron chi connectivity index (χ2n) is 6.28. The number of aromatic nitrogens is 1. The van der Waals surface area contributed by atoms with Gasteiger partial charge in [0.1, 0.15) is 11.7 Å². The van der Waals surface area contributed by atoms with E-state index in [2.05, 4.69) is 10.3 Å². The molecular weight excluding hydrogens is 337 g/mol. The first-order valence-electron chi connectivity index (χ1n) is 7.87. The molecule has 1 aliphatic heterocycles. The Bertz CT molecular complexity index is 649. The molecule has 138 valence electrons. The first kappa shape index (κ1) is 19.0. The summed E-state index contributed by atoms with van der Waals surface area (Å²) < 4.78 is 40.1. The van der Waals surface area contributed by atoms with E-state index >= 15 is 0 Å². The number of pyridine rings is 1. The van der Waals surface area contributed by atoms with Crippen molar-refractivity contribution in [3.8, 4) is 0 Å². The highest BCUT2D eigenvalue weighted by Gasteiger charge is 2.48. The SMILES string of the molecule is CC(=O)N[C@@H]1CC[C@@H](C(F)(F)F)N(C(=O)c2cc(N(C)C)ccn2)C1. The van der Waals surface area contributed by atoms with Crippen molar-refractivity contribution in [3.05, 3.63) is 24.0 Å². The predicted molar refractivity (Wildman–Crippen MR) is 86.3 cm³/mol. The average Bonchev–Trinajstić information content (AvgIpc) is 2.52. The Morgan fingerprint density at radius 3 is 2.56 bits per heavy atom. The molecule has 2 heterocycles. The summed E-state index contributed by atoms with van der Waals surface area (Å²) in [6.07, 6.45) is -3.23. The fourth-order valence-corrected chi connectivity index (χ4v) is 2.90. The quantitative estimate of drug-likeness (QED) is 0.895. The van der Waals surface area contributed by atoms with E-state index < -0.39 is 24.2 Å². The molecule has 1 aromatic heterocycles. The van der Waals surface area contributed by atoms with Crippen LogP contribution in [0.25, 0.3) is 0 Å². The molecule has 2 rings (SSSR count). The number of piperidine rings is 1. The van der Waals surface area contributed by atoms with Crippen molar-refractivity contribution in [2.75, 3.05) is 25.5 Å². The van der Waals surface area contributed by atoms with Crippen molar-refractivity contribution in [1.29, 1.82) is 0 Å². The van der Waals surface area contributed by atoms with Crippen LogP contribution in [0.4, 0.5) is 18.9 Å². The van der Waals surface area contributed by atoms with Gasteiger partial charge in [0.25, 0.3) is 5.91 Å². The molecule has 6 nitrogen and oxygen atoms in total. The highest BCUT2D eigenvalue weighted by Crippen LogP contribution is 2.33. The van der Waals surface area contributed by atoms with Gasteiger partial charge < -0.3 is 15.1 Å². The van der Waals surface area contributed by atoms with E-state index in [4.69, 9.17) is 0 Å². The van der Waals surface area contributed by atoms with Gasteiger partial charge in [-0.2, -0.15) is 13.2 Å². The lowest BCUT2D eigenvalue weighted by Gasteiger charge is -2.40. The molecule has 0 aromatic carbocycles. The minimum absolute atomic E-state index is 0.0519. The number of carbonyl (C=O) groups is 2. The maximum atomic E-state index is 13.4. The van der Waals surface area contributed by atoms with Crippen LogP contribution in [0, 0.1) is 0 Å². The Morgan fingerprint density at radius 1 is 1.32 bits per heavy atom. The van der Waals surface area contributed by atoms with Crippen LogP contribution in [-0.2, 0) is 4.79 Å². The molecule has 1 fully saturated rings. The number of amides is 2. The second kappa shape index (κ2) is 7.28. The van der Waals surface area contributed by atoms with Gasteiger partial charge >= 0.3 is 6.18 Å². The molecule has 1 aliphatic rings. The van der Waals surface area contributed by atoms with Gasteiger partial charge in [0.15, 0.2) is 0 Å². The summed E-state index contributed by atoms with van der Waals surface area (Å²) in [5.74, 6) is -1.13. The van der Waals surface area contributed by atoms with E-state index in [9.17, 15) is 22.8 Å². The standard InChI is InChI=1S/C16H21F3N4O2/c1-10(24)21-11-4-5-14(16(17,18)19)23(9-11)15(25)13-8-12(22(2)3)6-7-20-13/h6-8,11,14H,4-5,9H2,1-3H3,(H,21,24)/t11-,14+/m1/s1. The third-order valence-electron chi connectivity index (χ3n) is 4.11. The topological polar surface area (TPSA) is 65.5 Å². The normalized spacial score (nSPS) is 21.0. The Morgan fingerprint density at radius 2 is 2.00 bits per heavy atom. The number of hydrogen-bond donors (Lipinski definition) is 1. The first-order valence-corrected chi connectivity index (χ1v) is 7.87. The van der Waals surface area contributed by atoms with E-state index in [-0.39, 0.29) is 31.0 Å². The van der Waals surface area contributed by atoms with Gasteiger partial charge in [-0.3, -0.25) is 14.6 Å². The number of nitrogens with zero attached hydrogens (tertiary/aromatic N) is 3. The van der Waals surface area contributed by atoms with Crippen molar-refractivity contribution in [2.24, 2.45) is 0 Å². The van der Waals surface area contributed by atoms with E-state index in [0.717, 1.165) is 4.90 Å². The third kappa shape index (κ3) is 4.61. The number of rotatable bonds is 3. The summed E-state index contributed by atoms with van der Waals surface area (Å²) in [5.41, 5.74) is 0.612. The van der Waals surface area contributed by atoms with Crippen LogP contribution in [0.5, 0.6) is 0 Å². The van der Waals surface area contributed by atoms with Crippen LogP contribution in [0.1, 0.15) is 30.3 Å². The van der Waals surface area contributed by atoms with Crippen LogP contribution in [0.3, 0.4) is 0 Å². The summed E-state index contributed by atoms with van der Waals surface area (Å²) in [6, 6.07) is 0.735. The number of anilines is 1. The van der Waals surface area contributed by atoms with Crippen LogP contribution in [0.15, 0.2) is 18.3 Å². The van der Waals surface area contributed by atoms with Crippen molar-refractivity contribution in [1.82, 2.24) is 15.2 Å². The van der Waals surface area contributed by atoms with Gasteiger partial charge in [-0.15, -0.1) is 0 Å². The molecule has 0 spiro atoms. The summed E-state index contributed by atoms with van der Waals surface area (Å²) in [7, 11) is 3.52. The number of likely N-dealkylation sites (tertiary alicyclic amines) is 1. The van der Waals surface area contributed by atoms with E-state index in [0.29, 0.717) is 5.69 Å². The molecule has 2 amide bonds. The van der Waals surface area contributed by atoms with Gasteiger partial charge in [0.2, 0.25) is 5.91 Å². The predicted octanol–water partition coefficient (Wildman–Crippen LogP) is 1.82. The second-order valence-corrected chi connectivity index (χ2v) is 6.28. The third-order valence-corrected chi connectivity index (χ3v) is 4.11. The zero-order valence-corrected chi connectivity index (χ0v) is 14.3. The maximum absolute atomic E-state index is 13.4.